The summed E-state index contributed by atoms with van der Waals surface area (Å²) in [6.07, 6.45) is 3.65. The normalized spacial score (nSPS) is 15.7. The van der Waals surface area contributed by atoms with Crippen LogP contribution in [0.3, 0.4) is 0 Å². The SMILES string of the molecule is C=Cc1ccc2ncc(-c3cccc(CN4CCSCC4)c3)n2n1. The van der Waals surface area contributed by atoms with Crippen LogP contribution >= 0.6 is 11.8 Å². The van der Waals surface area contributed by atoms with Crippen LogP contribution in [-0.2, 0) is 6.54 Å². The van der Waals surface area contributed by atoms with Crippen molar-refractivity contribution in [1.29, 1.82) is 0 Å². The standard InChI is InChI=1S/C19H20N4S/c1-2-17-6-7-19-20-13-18(23(19)21-17)16-5-3-4-15(12-16)14-22-8-10-24-11-9-22/h2-7,12-13H,1,8-11,14H2. The number of hydrogen-bond acceptors (Lipinski definition) is 4. The van der Waals surface area contributed by atoms with Crippen molar-refractivity contribution >= 4 is 23.5 Å². The zero-order valence-corrected chi connectivity index (χ0v) is 14.4. The van der Waals surface area contributed by atoms with Crippen molar-refractivity contribution < 1.29 is 0 Å². The molecule has 0 radical (unpaired) electrons. The summed E-state index contributed by atoms with van der Waals surface area (Å²) in [6.45, 7) is 7.16. The summed E-state index contributed by atoms with van der Waals surface area (Å²) in [5.41, 5.74) is 5.22. The van der Waals surface area contributed by atoms with Gasteiger partial charge < -0.3 is 0 Å². The van der Waals surface area contributed by atoms with Crippen LogP contribution in [0, 0.1) is 0 Å². The molecule has 1 aliphatic rings. The maximum absolute atomic E-state index is 4.60. The van der Waals surface area contributed by atoms with E-state index < -0.39 is 0 Å². The van der Waals surface area contributed by atoms with Gasteiger partial charge in [-0.15, -0.1) is 0 Å². The van der Waals surface area contributed by atoms with Crippen LogP contribution in [0.15, 0.2) is 49.2 Å². The third-order valence-corrected chi connectivity index (χ3v) is 5.27. The van der Waals surface area contributed by atoms with E-state index in [-0.39, 0.29) is 0 Å². The fraction of sp³-hybridized carbons (Fsp3) is 0.263. The van der Waals surface area contributed by atoms with Gasteiger partial charge in [0, 0.05) is 36.7 Å². The second-order valence-electron chi connectivity index (χ2n) is 5.96. The van der Waals surface area contributed by atoms with E-state index in [1.807, 2.05) is 34.6 Å². The topological polar surface area (TPSA) is 33.4 Å². The molecule has 1 aromatic carbocycles. The Morgan fingerprint density at radius 1 is 1.17 bits per heavy atom. The van der Waals surface area contributed by atoms with Gasteiger partial charge in [0.25, 0.3) is 0 Å². The molecule has 4 rings (SSSR count). The molecule has 0 spiro atoms. The predicted molar refractivity (Wildman–Crippen MR) is 101 cm³/mol. The molecule has 1 aliphatic heterocycles. The van der Waals surface area contributed by atoms with Crippen molar-refractivity contribution in [3.05, 3.63) is 60.4 Å². The van der Waals surface area contributed by atoms with E-state index in [2.05, 4.69) is 45.8 Å². The minimum Gasteiger partial charge on any atom is -0.297 e. The smallest absolute Gasteiger partial charge is 0.154 e. The van der Waals surface area contributed by atoms with Gasteiger partial charge in [0.1, 0.15) is 0 Å². The Labute approximate surface area is 146 Å². The number of thioether (sulfide) groups is 1. The van der Waals surface area contributed by atoms with E-state index in [0.29, 0.717) is 0 Å². The van der Waals surface area contributed by atoms with Crippen LogP contribution < -0.4 is 0 Å². The highest BCUT2D eigenvalue weighted by molar-refractivity contribution is 7.99. The lowest BCUT2D eigenvalue weighted by Crippen LogP contribution is -2.31. The van der Waals surface area contributed by atoms with Gasteiger partial charge in [-0.25, -0.2) is 9.50 Å². The molecule has 0 aliphatic carbocycles. The van der Waals surface area contributed by atoms with Crippen LogP contribution in [-0.4, -0.2) is 44.1 Å². The molecular weight excluding hydrogens is 316 g/mol. The van der Waals surface area contributed by atoms with Gasteiger partial charge in [0.15, 0.2) is 5.65 Å². The summed E-state index contributed by atoms with van der Waals surface area (Å²) in [5, 5.41) is 4.60. The van der Waals surface area contributed by atoms with Gasteiger partial charge in [-0.3, -0.25) is 4.90 Å². The Balaban J connectivity index is 1.66. The Morgan fingerprint density at radius 3 is 2.88 bits per heavy atom. The first-order valence-electron chi connectivity index (χ1n) is 8.20. The summed E-state index contributed by atoms with van der Waals surface area (Å²) in [4.78, 5) is 6.99. The molecule has 1 fully saturated rings. The first-order valence-corrected chi connectivity index (χ1v) is 9.35. The zero-order valence-electron chi connectivity index (χ0n) is 13.6. The van der Waals surface area contributed by atoms with Gasteiger partial charge in [-0.2, -0.15) is 16.9 Å². The Kier molecular flexibility index (Phi) is 4.36. The molecule has 1 saturated heterocycles. The number of rotatable bonds is 4. The van der Waals surface area contributed by atoms with Gasteiger partial charge >= 0.3 is 0 Å². The van der Waals surface area contributed by atoms with Gasteiger partial charge in [-0.1, -0.05) is 24.8 Å². The maximum atomic E-state index is 4.60. The van der Waals surface area contributed by atoms with Gasteiger partial charge in [-0.05, 0) is 29.8 Å². The molecule has 5 heteroatoms. The van der Waals surface area contributed by atoms with Crippen molar-refractivity contribution in [2.24, 2.45) is 0 Å². The van der Waals surface area contributed by atoms with Crippen molar-refractivity contribution in [3.8, 4) is 11.3 Å². The number of benzene rings is 1. The average Bonchev–Trinajstić information content (AvgIpc) is 3.06. The van der Waals surface area contributed by atoms with Gasteiger partial charge in [0.2, 0.25) is 0 Å². The number of hydrogen-bond donors (Lipinski definition) is 0. The zero-order chi connectivity index (χ0) is 16.4. The molecule has 2 aromatic heterocycles. The van der Waals surface area contributed by atoms with Crippen LogP contribution in [0.4, 0.5) is 0 Å². The summed E-state index contributed by atoms with van der Waals surface area (Å²) in [7, 11) is 0. The fourth-order valence-corrected chi connectivity index (χ4v) is 4.02. The fourth-order valence-electron chi connectivity index (χ4n) is 3.04. The predicted octanol–water partition coefficient (Wildman–Crippen LogP) is 3.59. The van der Waals surface area contributed by atoms with E-state index in [9.17, 15) is 0 Å². The monoisotopic (exact) mass is 336 g/mol. The molecule has 3 heterocycles. The molecule has 0 saturated carbocycles. The minimum atomic E-state index is 0.851. The van der Waals surface area contributed by atoms with E-state index in [1.54, 1.807) is 6.08 Å². The summed E-state index contributed by atoms with van der Waals surface area (Å²) in [6, 6.07) is 12.6. The van der Waals surface area contributed by atoms with E-state index in [0.717, 1.165) is 29.1 Å². The third-order valence-electron chi connectivity index (χ3n) is 4.32. The van der Waals surface area contributed by atoms with Gasteiger partial charge in [0.05, 0.1) is 17.6 Å². The Hall–Kier alpha value is -2.11. The van der Waals surface area contributed by atoms with Crippen LogP contribution in [0.5, 0.6) is 0 Å². The highest BCUT2D eigenvalue weighted by Crippen LogP contribution is 2.22. The Bertz CT molecular complexity index is 865. The van der Waals surface area contributed by atoms with Crippen LogP contribution in [0.1, 0.15) is 11.3 Å². The van der Waals surface area contributed by atoms with Crippen molar-refractivity contribution in [2.75, 3.05) is 24.6 Å². The van der Waals surface area contributed by atoms with Crippen LogP contribution in [0.2, 0.25) is 0 Å². The summed E-state index contributed by atoms with van der Waals surface area (Å²) >= 11 is 2.05. The number of aromatic nitrogens is 3. The summed E-state index contributed by atoms with van der Waals surface area (Å²) < 4.78 is 1.90. The average molecular weight is 336 g/mol. The lowest BCUT2D eigenvalue weighted by Gasteiger charge is -2.26. The quantitative estimate of drug-likeness (QED) is 0.729. The first kappa shape index (κ1) is 15.4. The maximum Gasteiger partial charge on any atom is 0.154 e. The van der Waals surface area contributed by atoms with Crippen molar-refractivity contribution in [1.82, 2.24) is 19.5 Å². The highest BCUT2D eigenvalue weighted by atomic mass is 32.2. The molecule has 0 unspecified atom stereocenters. The highest BCUT2D eigenvalue weighted by Gasteiger charge is 2.12. The van der Waals surface area contributed by atoms with Crippen molar-refractivity contribution in [2.45, 2.75) is 6.54 Å². The molecule has 24 heavy (non-hydrogen) atoms. The first-order chi connectivity index (χ1) is 11.8. The van der Waals surface area contributed by atoms with E-state index >= 15 is 0 Å². The van der Waals surface area contributed by atoms with Crippen LogP contribution in [0.25, 0.3) is 23.0 Å². The Morgan fingerprint density at radius 2 is 2.04 bits per heavy atom. The largest absolute Gasteiger partial charge is 0.297 e. The molecular formula is C19H20N4S. The van der Waals surface area contributed by atoms with E-state index in [4.69, 9.17) is 0 Å². The van der Waals surface area contributed by atoms with E-state index in [1.165, 1.54) is 30.2 Å². The molecule has 3 aromatic rings. The lowest BCUT2D eigenvalue weighted by molar-refractivity contribution is 0.294. The molecule has 122 valence electrons. The third kappa shape index (κ3) is 3.09. The number of fused-ring (bicyclic) bond motifs is 1. The molecule has 4 nitrogen and oxygen atoms in total. The second kappa shape index (κ2) is 6.79. The molecule has 0 N–H and O–H groups in total. The number of nitrogens with zero attached hydrogens (tertiary/aromatic N) is 4. The molecule has 0 atom stereocenters. The second-order valence-corrected chi connectivity index (χ2v) is 7.19. The lowest BCUT2D eigenvalue weighted by atomic mass is 10.1. The van der Waals surface area contributed by atoms with Crippen molar-refractivity contribution in [3.63, 3.8) is 0 Å². The minimum absolute atomic E-state index is 0.851. The molecule has 0 bridgehead atoms. The summed E-state index contributed by atoms with van der Waals surface area (Å²) in [5.74, 6) is 2.47. The molecule has 0 amide bonds. The number of imidazole rings is 1.